The molecule has 11 nitrogen and oxygen atoms in total. The van der Waals surface area contributed by atoms with E-state index in [9.17, 15) is 45.6 Å². The fraction of sp³-hybridized carbons (Fsp3) is 0.508. The molecule has 0 radical (unpaired) electrons. The van der Waals surface area contributed by atoms with Gasteiger partial charge in [0.1, 0.15) is 17.7 Å². The summed E-state index contributed by atoms with van der Waals surface area (Å²) in [6.07, 6.45) is 12.6. The van der Waals surface area contributed by atoms with E-state index in [0.29, 0.717) is 35.1 Å². The number of nitrogens with zero attached hydrogens (tertiary/aromatic N) is 3. The number of aromatic nitrogens is 3. The minimum Gasteiger partial charge on any atom is -0.850 e. The molecule has 0 saturated carbocycles. The van der Waals surface area contributed by atoms with Crippen molar-refractivity contribution in [3.63, 3.8) is 0 Å². The molecule has 1 fully saturated rings. The van der Waals surface area contributed by atoms with Crippen LogP contribution in [0.1, 0.15) is 148 Å². The maximum absolute atomic E-state index is 12.9. The Labute approximate surface area is 519 Å². The number of ketones is 2. The summed E-state index contributed by atoms with van der Waals surface area (Å²) < 4.78 is 108. The molecule has 3 aliphatic rings. The Balaban J connectivity index is 0.000000294. The number of Topliss-reactive ketones (excluding diaryl/α,β-unsaturated/α-hetero) is 1. The molecule has 80 heavy (non-hydrogen) atoms. The zero-order valence-corrected chi connectivity index (χ0v) is 52.5. The minimum atomic E-state index is -4.52. The first-order valence-electron chi connectivity index (χ1n) is 26.5. The van der Waals surface area contributed by atoms with E-state index in [0.717, 1.165) is 101 Å². The predicted molar refractivity (Wildman–Crippen MR) is 297 cm³/mol. The van der Waals surface area contributed by atoms with Crippen molar-refractivity contribution >= 4 is 59.3 Å². The number of hydrogen-bond donors (Lipinski definition) is 0. The zero-order chi connectivity index (χ0) is 58.2. The number of methoxy groups -OCH3 is 1. The first-order valence-corrected chi connectivity index (χ1v) is 29.0. The SMILES string of the molecule is C1CCOC1.CC(C)(C)[O-].COP(=O)(CC(=O)CCCCc1ccc2c(n1)CCCC2)OC.COc1cnc2cc(Cl)c(C(F)(F)F)cc2c1.O=C(/C=C/c1ccc(Cl)c(C(F)(F)F)c1)CCCCc1ccc2c(n1)CCCC2.[K+]. The molecule has 0 bridgehead atoms. The number of ether oxygens (including phenoxy) is 2. The summed E-state index contributed by atoms with van der Waals surface area (Å²) in [5.74, 6) is 0.218. The Bertz CT molecular complexity index is 2810. The van der Waals surface area contributed by atoms with E-state index in [1.54, 1.807) is 20.8 Å². The summed E-state index contributed by atoms with van der Waals surface area (Å²) in [6, 6.07) is 15.8. The van der Waals surface area contributed by atoms with Gasteiger partial charge >= 0.3 is 71.3 Å². The van der Waals surface area contributed by atoms with Crippen LogP contribution in [0.4, 0.5) is 26.3 Å². The quantitative estimate of drug-likeness (QED) is 0.0288. The van der Waals surface area contributed by atoms with Gasteiger partial charge in [-0.25, -0.2) is 0 Å². The molecule has 2 aliphatic carbocycles. The van der Waals surface area contributed by atoms with Crippen molar-refractivity contribution in [2.24, 2.45) is 0 Å². The fourth-order valence-corrected chi connectivity index (χ4v) is 9.86. The van der Waals surface area contributed by atoms with Crippen LogP contribution in [0, 0.1) is 0 Å². The van der Waals surface area contributed by atoms with Gasteiger partial charge in [-0.1, -0.05) is 68.2 Å². The van der Waals surface area contributed by atoms with Gasteiger partial charge in [-0.2, -0.15) is 26.3 Å². The molecule has 0 N–H and O–H groups in total. The van der Waals surface area contributed by atoms with Gasteiger partial charge in [0.25, 0.3) is 0 Å². The standard InChI is InChI=1S/C23H23ClF3NO.C17H26NO4P.C11H7ClF3NO.C4H8O.C4H9O.K/c24-21-14-10-16(15-20(21)23(25,26)27)9-13-19(29)7-3-2-6-18-12-11-17-5-1-4-8-22(17)28-18;1-21-23(20,22-2)13-16(19)9-5-4-8-15-12-11-14-7-3-6-10-17(14)18-15;1-17-7-2-6-3-8(11(13,14)15)9(12)4-10(6)16-5-7;1-2-4-5-3-1;1-4(2,3)5;/h9-15H,1-8H2;11-12H,3-10,13H2,1-2H3;2-5H,1H3;1-4H2;1-3H3;/q;;;;-1;+1/b13-9+;;;;;. The molecule has 0 atom stereocenters. The Morgan fingerprint density at radius 1 is 0.688 bits per heavy atom. The van der Waals surface area contributed by atoms with Crippen LogP contribution < -0.4 is 61.2 Å². The average Bonchev–Trinajstić information content (AvgIpc) is 4.02. The number of unbranched alkanes of at least 4 members (excludes halogenated alkanes) is 2. The molecule has 1 saturated heterocycles. The largest absolute Gasteiger partial charge is 1.00 e. The van der Waals surface area contributed by atoms with E-state index in [4.69, 9.17) is 51.7 Å². The maximum Gasteiger partial charge on any atom is 1.00 e. The van der Waals surface area contributed by atoms with Gasteiger partial charge in [0.2, 0.25) is 0 Å². The Morgan fingerprint density at radius 3 is 1.69 bits per heavy atom. The molecule has 8 rings (SSSR count). The Morgan fingerprint density at radius 2 is 1.20 bits per heavy atom. The summed E-state index contributed by atoms with van der Waals surface area (Å²) in [5, 5.41) is 9.73. The third kappa shape index (κ3) is 26.6. The van der Waals surface area contributed by atoms with Gasteiger partial charge in [0, 0.05) is 68.4 Å². The summed E-state index contributed by atoms with van der Waals surface area (Å²) in [4.78, 5) is 37.3. The van der Waals surface area contributed by atoms with Crippen molar-refractivity contribution in [1.29, 1.82) is 0 Å². The molecule has 434 valence electrons. The number of fused-ring (bicyclic) bond motifs is 3. The smallest absolute Gasteiger partial charge is 0.850 e. The number of halogens is 8. The molecule has 1 aliphatic heterocycles. The van der Waals surface area contributed by atoms with Crippen LogP contribution in [0.15, 0.2) is 72.9 Å². The van der Waals surface area contributed by atoms with Gasteiger partial charge in [0.15, 0.2) is 5.78 Å². The van der Waals surface area contributed by atoms with Gasteiger partial charge < -0.3 is 23.6 Å². The van der Waals surface area contributed by atoms with Gasteiger partial charge in [-0.3, -0.25) is 29.1 Å². The number of carbonyl (C=O) groups excluding carboxylic acids is 2. The number of aryl methyl sites for hydroxylation is 6. The van der Waals surface area contributed by atoms with Crippen molar-refractivity contribution < 1.29 is 116 Å². The van der Waals surface area contributed by atoms with Crippen LogP contribution in [0.25, 0.3) is 17.0 Å². The van der Waals surface area contributed by atoms with E-state index in [1.807, 2.05) is 0 Å². The maximum atomic E-state index is 12.9. The van der Waals surface area contributed by atoms with Crippen molar-refractivity contribution in [2.45, 2.75) is 154 Å². The van der Waals surface area contributed by atoms with E-state index >= 15 is 0 Å². The molecule has 0 unspecified atom stereocenters. The first kappa shape index (κ1) is 71.2. The van der Waals surface area contributed by atoms with E-state index in [2.05, 4.69) is 29.2 Å². The first-order chi connectivity index (χ1) is 37.3. The third-order valence-electron chi connectivity index (χ3n) is 12.5. The van der Waals surface area contributed by atoms with Crippen LogP contribution in [-0.2, 0) is 78.8 Å². The topological polar surface area (TPSA) is 150 Å². The van der Waals surface area contributed by atoms with E-state index in [1.165, 1.54) is 125 Å². The van der Waals surface area contributed by atoms with Crippen LogP contribution in [0.3, 0.4) is 0 Å². The van der Waals surface area contributed by atoms with Gasteiger partial charge in [-0.15, -0.1) is 5.60 Å². The number of benzene rings is 2. The fourth-order valence-electron chi connectivity index (χ4n) is 8.37. The molecule has 4 heterocycles. The molecule has 2 aromatic carbocycles. The minimum absolute atomic E-state index is 0. The molecule has 0 amide bonds. The van der Waals surface area contributed by atoms with Gasteiger partial charge in [0.05, 0.1) is 40.0 Å². The molecule has 3 aromatic heterocycles. The number of carbonyl (C=O) groups is 2. The van der Waals surface area contributed by atoms with Crippen molar-refractivity contribution in [1.82, 2.24) is 15.0 Å². The molecular formula is C59H73Cl2F6KN3O8P. The van der Waals surface area contributed by atoms with E-state index in [-0.39, 0.29) is 79.2 Å². The summed E-state index contributed by atoms with van der Waals surface area (Å²) in [6.45, 7) is 6.90. The van der Waals surface area contributed by atoms with Crippen LogP contribution >= 0.6 is 30.8 Å². The number of alkyl halides is 6. The van der Waals surface area contributed by atoms with Crippen LogP contribution in [0.2, 0.25) is 10.0 Å². The van der Waals surface area contributed by atoms with Crippen molar-refractivity contribution in [3.05, 3.63) is 134 Å². The number of rotatable bonds is 17. The van der Waals surface area contributed by atoms with E-state index < -0.39 is 36.7 Å². The second-order valence-electron chi connectivity index (χ2n) is 20.2. The molecule has 5 aromatic rings. The van der Waals surface area contributed by atoms with Crippen molar-refractivity contribution in [2.75, 3.05) is 40.7 Å². The number of hydrogen-bond acceptors (Lipinski definition) is 11. The monoisotopic (exact) mass is 1210 g/mol. The summed E-state index contributed by atoms with van der Waals surface area (Å²) in [5.41, 5.74) is 5.57. The second-order valence-corrected chi connectivity index (χ2v) is 23.3. The second kappa shape index (κ2) is 35.3. The van der Waals surface area contributed by atoms with Crippen LogP contribution in [-0.4, -0.2) is 72.8 Å². The summed E-state index contributed by atoms with van der Waals surface area (Å²) >= 11 is 11.2. The van der Waals surface area contributed by atoms with Crippen molar-refractivity contribution in [3.8, 4) is 5.75 Å². The number of allylic oxidation sites excluding steroid dienone is 1. The normalized spacial score (nSPS) is 14.1. The van der Waals surface area contributed by atoms with Gasteiger partial charge in [-0.05, 0) is 168 Å². The molecule has 0 spiro atoms. The third-order valence-corrected chi connectivity index (χ3v) is 15.0. The molecular weight excluding hydrogens is 1130 g/mol. The number of pyridine rings is 3. The Kier molecular flexibility index (Phi) is 31.4. The van der Waals surface area contributed by atoms with Crippen LogP contribution in [0.5, 0.6) is 5.75 Å². The average molecular weight is 1210 g/mol. The predicted octanol–water partition coefficient (Wildman–Crippen LogP) is 12.2. The Hall–Kier alpha value is -3.10. The zero-order valence-electron chi connectivity index (χ0n) is 46.9. The summed E-state index contributed by atoms with van der Waals surface area (Å²) in [7, 11) is 0.811. The molecule has 21 heteroatoms.